The molecule has 0 radical (unpaired) electrons. The minimum Gasteiger partial charge on any atom is -2.00 e. The maximum absolute atomic E-state index is 0. The Balaban J connectivity index is 0. The zero-order chi connectivity index (χ0) is 0. The first-order chi connectivity index (χ1) is 0. The van der Waals surface area contributed by atoms with E-state index in [2.05, 4.69) is 0 Å². The van der Waals surface area contributed by atoms with Crippen LogP contribution in [0.2, 0.25) is 0 Å². The fourth-order valence-electron chi connectivity index (χ4n) is 0. The molecule has 1 nitrogen and oxygen atoms in total. The standard InChI is InChI=1S/In.O.Ti.Zr/q+3;-2;2*+4. The van der Waals surface area contributed by atoms with E-state index in [1.807, 2.05) is 0 Å². The van der Waals surface area contributed by atoms with E-state index in [-0.39, 0.29) is 79.2 Å². The molecule has 0 saturated carbocycles. The van der Waals surface area contributed by atoms with Gasteiger partial charge in [0.05, 0.1) is 0 Å². The van der Waals surface area contributed by atoms with E-state index in [9.17, 15) is 0 Å². The Labute approximate surface area is 78.0 Å². The van der Waals surface area contributed by atoms with Gasteiger partial charge in [0.2, 0.25) is 0 Å². The second kappa shape index (κ2) is 18.1. The normalized spacial score (nSPS) is 0. The van der Waals surface area contributed by atoms with Gasteiger partial charge in [-0.2, -0.15) is 0 Å². The number of rotatable bonds is 0. The van der Waals surface area contributed by atoms with Crippen LogP contribution in [0.25, 0.3) is 0 Å². The van der Waals surface area contributed by atoms with Crippen LogP contribution >= 0.6 is 0 Å². The Kier molecular flexibility index (Phi) is 145. The van der Waals surface area contributed by atoms with Crippen LogP contribution in [0, 0.1) is 0 Å². The number of hydrogen-bond donors (Lipinski definition) is 0. The first-order valence-electron chi connectivity index (χ1n) is 0. The predicted molar refractivity (Wildman–Crippen MR) is 6.44 cm³/mol. The molecule has 0 aromatic carbocycles. The molecule has 0 unspecified atom stereocenters. The fourth-order valence-corrected chi connectivity index (χ4v) is 0. The van der Waals surface area contributed by atoms with Gasteiger partial charge < -0.3 is 5.48 Å². The first kappa shape index (κ1) is 32.1. The average molecular weight is 270 g/mol. The maximum atomic E-state index is 0. The number of hydrogen-bond acceptors (Lipinski definition) is 0. The Morgan fingerprint density at radius 3 is 1.00 bits per heavy atom. The molecule has 0 aromatic heterocycles. The summed E-state index contributed by atoms with van der Waals surface area (Å²) in [6.07, 6.45) is 0. The fraction of sp³-hybridized carbons (Fsp3) is 0. The van der Waals surface area contributed by atoms with Crippen molar-refractivity contribution in [3.63, 3.8) is 0 Å². The summed E-state index contributed by atoms with van der Waals surface area (Å²) in [4.78, 5) is 0. The predicted octanol–water partition coefficient (Wildman–Crippen LogP) is -0.505. The molecule has 4 heavy (non-hydrogen) atoms. The van der Waals surface area contributed by atoms with Gasteiger partial charge in [0, 0.05) is 0 Å². The molecule has 0 aliphatic heterocycles. The molecule has 0 amide bonds. The Morgan fingerprint density at radius 2 is 1.00 bits per heavy atom. The molecule has 0 aromatic rings. The van der Waals surface area contributed by atoms with Crippen LogP contribution in [0.5, 0.6) is 0 Å². The smallest absolute Gasteiger partial charge is 2.00 e. The molecule has 0 N–H and O–H groups in total. The molecule has 0 aliphatic rings. The molecule has 0 saturated heterocycles. The quantitative estimate of drug-likeness (QED) is 0.531. The monoisotopic (exact) mass is 269 g/mol. The summed E-state index contributed by atoms with van der Waals surface area (Å²) in [6.45, 7) is 0. The summed E-state index contributed by atoms with van der Waals surface area (Å²) in [5, 5.41) is 0. The summed E-state index contributed by atoms with van der Waals surface area (Å²) in [7, 11) is 0. The molecular weight excluding hydrogens is 270 g/mol. The van der Waals surface area contributed by atoms with Gasteiger partial charge in [0.1, 0.15) is 0 Å². The van der Waals surface area contributed by atoms with Crippen molar-refractivity contribution < 1.29 is 53.4 Å². The molecule has 0 spiro atoms. The van der Waals surface area contributed by atoms with Crippen LogP contribution < -0.4 is 0 Å². The Hall–Kier alpha value is 2.43. The maximum Gasteiger partial charge on any atom is 4.00 e. The van der Waals surface area contributed by atoms with E-state index >= 15 is 0 Å². The zero-order valence-electron chi connectivity index (χ0n) is 1.99. The van der Waals surface area contributed by atoms with Gasteiger partial charge in [-0.3, -0.25) is 0 Å². The van der Waals surface area contributed by atoms with Crippen LogP contribution in [0.4, 0.5) is 0 Å². The molecular formula is InOTiZr+9. The van der Waals surface area contributed by atoms with E-state index in [0.29, 0.717) is 0 Å². The summed E-state index contributed by atoms with van der Waals surface area (Å²) in [5.74, 6) is 0. The molecule has 8 valence electrons. The third kappa shape index (κ3) is 8.83. The minimum absolute atomic E-state index is 0. The van der Waals surface area contributed by atoms with Gasteiger partial charge in [-0.15, -0.1) is 0 Å². The molecule has 0 fully saturated rings. The van der Waals surface area contributed by atoms with Crippen molar-refractivity contribution in [1.82, 2.24) is 0 Å². The van der Waals surface area contributed by atoms with Crippen molar-refractivity contribution in [1.29, 1.82) is 0 Å². The van der Waals surface area contributed by atoms with Crippen molar-refractivity contribution in [2.45, 2.75) is 0 Å². The molecule has 0 heterocycles. The molecule has 0 bridgehead atoms. The van der Waals surface area contributed by atoms with E-state index < -0.39 is 0 Å². The van der Waals surface area contributed by atoms with E-state index in [4.69, 9.17) is 0 Å². The Morgan fingerprint density at radius 1 is 1.00 bits per heavy atom. The Bertz CT molecular complexity index is 8.00. The van der Waals surface area contributed by atoms with Crippen LogP contribution in [0.3, 0.4) is 0 Å². The third-order valence-electron chi connectivity index (χ3n) is 0. The van der Waals surface area contributed by atoms with Gasteiger partial charge in [0.15, 0.2) is 0 Å². The molecule has 0 aliphatic carbocycles. The van der Waals surface area contributed by atoms with Crippen molar-refractivity contribution in [2.24, 2.45) is 0 Å². The largest absolute Gasteiger partial charge is 4.00 e. The second-order valence-electron chi connectivity index (χ2n) is 0. The second-order valence-corrected chi connectivity index (χ2v) is 0. The van der Waals surface area contributed by atoms with Crippen molar-refractivity contribution in [3.05, 3.63) is 0 Å². The first-order valence-corrected chi connectivity index (χ1v) is 0. The summed E-state index contributed by atoms with van der Waals surface area (Å²) < 4.78 is 0. The molecule has 0 rings (SSSR count). The topological polar surface area (TPSA) is 28.5 Å². The van der Waals surface area contributed by atoms with Crippen LogP contribution in [0.1, 0.15) is 0 Å². The van der Waals surface area contributed by atoms with E-state index in [1.54, 1.807) is 0 Å². The van der Waals surface area contributed by atoms with Gasteiger partial charge >= 0.3 is 73.8 Å². The van der Waals surface area contributed by atoms with Crippen LogP contribution in [0.15, 0.2) is 0 Å². The SMILES string of the molecule is [In+3].[O-2].[Ti+4].[Zr+4]. The van der Waals surface area contributed by atoms with Crippen molar-refractivity contribution in [2.75, 3.05) is 0 Å². The van der Waals surface area contributed by atoms with Gasteiger partial charge in [-0.25, -0.2) is 0 Å². The molecule has 0 atom stereocenters. The van der Waals surface area contributed by atoms with Crippen LogP contribution in [-0.2, 0) is 53.4 Å². The summed E-state index contributed by atoms with van der Waals surface area (Å²) in [5.41, 5.74) is 0. The zero-order valence-corrected chi connectivity index (χ0v) is 9.30. The summed E-state index contributed by atoms with van der Waals surface area (Å²) >= 11 is 0. The van der Waals surface area contributed by atoms with Crippen molar-refractivity contribution >= 4 is 25.8 Å². The molecule has 4 heteroatoms. The van der Waals surface area contributed by atoms with Gasteiger partial charge in [-0.1, -0.05) is 0 Å². The average Bonchev–Trinajstić information content (AvgIpc) is 0. The van der Waals surface area contributed by atoms with E-state index in [1.165, 1.54) is 0 Å². The minimum atomic E-state index is 0. The van der Waals surface area contributed by atoms with Crippen LogP contribution in [-0.4, -0.2) is 25.8 Å². The van der Waals surface area contributed by atoms with Crippen molar-refractivity contribution in [3.8, 4) is 0 Å². The van der Waals surface area contributed by atoms with E-state index in [0.717, 1.165) is 0 Å². The van der Waals surface area contributed by atoms with Gasteiger partial charge in [0.25, 0.3) is 0 Å². The van der Waals surface area contributed by atoms with Gasteiger partial charge in [-0.05, 0) is 0 Å². The third-order valence-corrected chi connectivity index (χ3v) is 0. The summed E-state index contributed by atoms with van der Waals surface area (Å²) in [6, 6.07) is 0.